The molecule has 0 atom stereocenters. The molecule has 108 valence electrons. The summed E-state index contributed by atoms with van der Waals surface area (Å²) in [5.41, 5.74) is 0. The lowest BCUT2D eigenvalue weighted by Gasteiger charge is -2.06. The topological polar surface area (TPSA) is 54.9 Å². The molecule has 0 fully saturated rings. The van der Waals surface area contributed by atoms with E-state index < -0.39 is 24.9 Å². The van der Waals surface area contributed by atoms with Crippen LogP contribution >= 0.6 is 23.1 Å². The predicted octanol–water partition coefficient (Wildman–Crippen LogP) is 2.79. The standard InChI is InChI=1S/C10H14F3N3OS2/c1-7-15-16-9(19-7)18-6-2-5-14-8(17)3-4-10(11,12)13/h2-6H2,1H3,(H,14,17). The van der Waals surface area contributed by atoms with Gasteiger partial charge in [-0.05, 0) is 13.3 Å². The summed E-state index contributed by atoms with van der Waals surface area (Å²) in [5.74, 6) is 0.183. The molecule has 1 amide bonds. The first-order valence-electron chi connectivity index (χ1n) is 5.63. The van der Waals surface area contributed by atoms with Gasteiger partial charge in [-0.3, -0.25) is 4.79 Å². The molecule has 1 heterocycles. The average Bonchev–Trinajstić information content (AvgIpc) is 2.71. The van der Waals surface area contributed by atoms with Gasteiger partial charge in [0.15, 0.2) is 4.34 Å². The van der Waals surface area contributed by atoms with Crippen LogP contribution in [0.2, 0.25) is 0 Å². The molecule has 1 N–H and O–H groups in total. The predicted molar refractivity (Wildman–Crippen MR) is 68.3 cm³/mol. The normalized spacial score (nSPS) is 11.6. The van der Waals surface area contributed by atoms with Gasteiger partial charge in [0.1, 0.15) is 5.01 Å². The van der Waals surface area contributed by atoms with Crippen LogP contribution in [0.1, 0.15) is 24.3 Å². The first-order chi connectivity index (χ1) is 8.87. The van der Waals surface area contributed by atoms with E-state index in [1.807, 2.05) is 6.92 Å². The Bertz CT molecular complexity index is 409. The molecule has 1 aromatic rings. The lowest BCUT2D eigenvalue weighted by atomic mass is 10.3. The van der Waals surface area contributed by atoms with Gasteiger partial charge in [0.2, 0.25) is 5.91 Å². The van der Waals surface area contributed by atoms with Crippen LogP contribution in [0.3, 0.4) is 0 Å². The number of hydrogen-bond donors (Lipinski definition) is 1. The second-order valence-electron chi connectivity index (χ2n) is 3.75. The number of hydrogen-bond acceptors (Lipinski definition) is 5. The average molecular weight is 313 g/mol. The fourth-order valence-corrected chi connectivity index (χ4v) is 2.97. The Kier molecular flexibility index (Phi) is 6.56. The second kappa shape index (κ2) is 7.68. The fraction of sp³-hybridized carbons (Fsp3) is 0.700. The van der Waals surface area contributed by atoms with Crippen LogP contribution in [0.25, 0.3) is 0 Å². The van der Waals surface area contributed by atoms with Gasteiger partial charge in [-0.2, -0.15) is 13.2 Å². The monoisotopic (exact) mass is 313 g/mol. The smallest absolute Gasteiger partial charge is 0.356 e. The molecule has 0 saturated heterocycles. The minimum Gasteiger partial charge on any atom is -0.356 e. The van der Waals surface area contributed by atoms with Gasteiger partial charge in [0.25, 0.3) is 0 Å². The Balaban J connectivity index is 2.03. The molecule has 9 heteroatoms. The maximum Gasteiger partial charge on any atom is 0.389 e. The summed E-state index contributed by atoms with van der Waals surface area (Å²) < 4.78 is 36.4. The van der Waals surface area contributed by atoms with E-state index in [4.69, 9.17) is 0 Å². The highest BCUT2D eigenvalue weighted by atomic mass is 32.2. The van der Waals surface area contributed by atoms with E-state index in [0.29, 0.717) is 13.0 Å². The minimum absolute atomic E-state index is 0.376. The van der Waals surface area contributed by atoms with Crippen LogP contribution in [-0.2, 0) is 4.79 Å². The summed E-state index contributed by atoms with van der Waals surface area (Å²) in [4.78, 5) is 11.1. The van der Waals surface area contributed by atoms with Crippen molar-refractivity contribution >= 4 is 29.0 Å². The summed E-state index contributed by atoms with van der Waals surface area (Å²) in [5, 5.41) is 11.1. The zero-order valence-corrected chi connectivity index (χ0v) is 11.9. The molecule has 0 bridgehead atoms. The fourth-order valence-electron chi connectivity index (χ4n) is 1.14. The third-order valence-corrected chi connectivity index (χ3v) is 4.07. The first kappa shape index (κ1) is 16.2. The number of rotatable bonds is 7. The van der Waals surface area contributed by atoms with Crippen LogP contribution in [0, 0.1) is 6.92 Å². The Labute approximate surface area is 117 Å². The van der Waals surface area contributed by atoms with Crippen molar-refractivity contribution in [3.63, 3.8) is 0 Å². The van der Waals surface area contributed by atoms with Crippen LogP contribution < -0.4 is 5.32 Å². The molecule has 4 nitrogen and oxygen atoms in total. The maximum atomic E-state index is 11.9. The van der Waals surface area contributed by atoms with Crippen molar-refractivity contribution in [2.24, 2.45) is 0 Å². The van der Waals surface area contributed by atoms with Gasteiger partial charge in [-0.25, -0.2) is 0 Å². The molecule has 0 aliphatic carbocycles. The lowest BCUT2D eigenvalue weighted by molar-refractivity contribution is -0.144. The van der Waals surface area contributed by atoms with Crippen LogP contribution in [0.5, 0.6) is 0 Å². The Morgan fingerprint density at radius 1 is 1.42 bits per heavy atom. The molecule has 19 heavy (non-hydrogen) atoms. The van der Waals surface area contributed by atoms with Gasteiger partial charge in [0.05, 0.1) is 6.42 Å². The highest BCUT2D eigenvalue weighted by molar-refractivity contribution is 8.01. The molecule has 0 aliphatic rings. The molecular weight excluding hydrogens is 299 g/mol. The molecule has 0 aromatic carbocycles. The Morgan fingerprint density at radius 3 is 2.74 bits per heavy atom. The maximum absolute atomic E-state index is 11.9. The number of carbonyl (C=O) groups is 1. The third-order valence-electron chi connectivity index (χ3n) is 2.01. The van der Waals surface area contributed by atoms with Gasteiger partial charge in [-0.15, -0.1) is 10.2 Å². The highest BCUT2D eigenvalue weighted by Gasteiger charge is 2.27. The number of nitrogens with one attached hydrogen (secondary N) is 1. The van der Waals surface area contributed by atoms with E-state index in [1.165, 1.54) is 23.1 Å². The third kappa shape index (κ3) is 8.04. The van der Waals surface area contributed by atoms with Crippen LogP contribution in [-0.4, -0.2) is 34.6 Å². The van der Waals surface area contributed by atoms with E-state index in [1.54, 1.807) is 0 Å². The van der Waals surface area contributed by atoms with Crippen molar-refractivity contribution in [3.05, 3.63) is 5.01 Å². The summed E-state index contributed by atoms with van der Waals surface area (Å²) >= 11 is 3.02. The summed E-state index contributed by atoms with van der Waals surface area (Å²) in [7, 11) is 0. The number of halogens is 3. The molecule has 1 aromatic heterocycles. The number of thioether (sulfide) groups is 1. The molecule has 0 saturated carbocycles. The number of amides is 1. The molecule has 0 unspecified atom stereocenters. The van der Waals surface area contributed by atoms with E-state index in [-0.39, 0.29) is 0 Å². The largest absolute Gasteiger partial charge is 0.389 e. The van der Waals surface area contributed by atoms with Crippen molar-refractivity contribution in [2.75, 3.05) is 12.3 Å². The highest BCUT2D eigenvalue weighted by Crippen LogP contribution is 2.22. The Hall–Kier alpha value is -0.830. The lowest BCUT2D eigenvalue weighted by Crippen LogP contribution is -2.26. The van der Waals surface area contributed by atoms with Crippen molar-refractivity contribution in [1.29, 1.82) is 0 Å². The van der Waals surface area contributed by atoms with Crippen molar-refractivity contribution in [2.45, 2.75) is 36.7 Å². The van der Waals surface area contributed by atoms with E-state index in [2.05, 4.69) is 15.5 Å². The molecule has 0 aliphatic heterocycles. The summed E-state index contributed by atoms with van der Waals surface area (Å²) in [6, 6.07) is 0. The molecular formula is C10H14F3N3OS2. The quantitative estimate of drug-likeness (QED) is 0.621. The number of alkyl halides is 3. The summed E-state index contributed by atoms with van der Waals surface area (Å²) in [6.45, 7) is 2.24. The van der Waals surface area contributed by atoms with Crippen molar-refractivity contribution < 1.29 is 18.0 Å². The zero-order valence-electron chi connectivity index (χ0n) is 10.3. The van der Waals surface area contributed by atoms with E-state index >= 15 is 0 Å². The van der Waals surface area contributed by atoms with Gasteiger partial charge < -0.3 is 5.32 Å². The van der Waals surface area contributed by atoms with Crippen molar-refractivity contribution in [3.8, 4) is 0 Å². The number of aromatic nitrogens is 2. The number of carbonyl (C=O) groups excluding carboxylic acids is 1. The molecule has 1 rings (SSSR count). The molecule has 0 radical (unpaired) electrons. The first-order valence-corrected chi connectivity index (χ1v) is 7.43. The van der Waals surface area contributed by atoms with Crippen LogP contribution in [0.4, 0.5) is 13.2 Å². The van der Waals surface area contributed by atoms with Crippen LogP contribution in [0.15, 0.2) is 4.34 Å². The van der Waals surface area contributed by atoms with Gasteiger partial charge in [-0.1, -0.05) is 23.1 Å². The SMILES string of the molecule is Cc1nnc(SCCCNC(=O)CCC(F)(F)F)s1. The van der Waals surface area contributed by atoms with Gasteiger partial charge >= 0.3 is 6.18 Å². The molecule has 0 spiro atoms. The number of aryl methyl sites for hydroxylation is 1. The minimum atomic E-state index is -4.27. The number of nitrogens with zero attached hydrogens (tertiary/aromatic N) is 2. The van der Waals surface area contributed by atoms with E-state index in [0.717, 1.165) is 15.1 Å². The van der Waals surface area contributed by atoms with Crippen molar-refractivity contribution in [1.82, 2.24) is 15.5 Å². The Morgan fingerprint density at radius 2 is 2.16 bits per heavy atom. The van der Waals surface area contributed by atoms with E-state index in [9.17, 15) is 18.0 Å². The zero-order chi connectivity index (χ0) is 14.3. The second-order valence-corrected chi connectivity index (χ2v) is 6.28. The van der Waals surface area contributed by atoms with Gasteiger partial charge in [0, 0.05) is 18.7 Å². The summed E-state index contributed by atoms with van der Waals surface area (Å²) in [6.07, 6.45) is -5.17.